The molecule has 0 saturated carbocycles. The second-order valence-electron chi connectivity index (χ2n) is 4.08. The van der Waals surface area contributed by atoms with Gasteiger partial charge in [-0.15, -0.1) is 0 Å². The molecule has 0 aliphatic heterocycles. The van der Waals surface area contributed by atoms with Crippen molar-refractivity contribution in [3.8, 4) is 0 Å². The first-order valence-electron chi connectivity index (χ1n) is 6.06. The number of carbonyl (C=O) groups excluding carboxylic acids is 1. The maximum absolute atomic E-state index is 12.8. The Morgan fingerprint density at radius 3 is 2.70 bits per heavy atom. The number of hydrogen-bond donors (Lipinski definition) is 0. The number of unbranched alkanes of at least 4 members (excludes halogenated alkanes) is 1. The first kappa shape index (κ1) is 16.8. The number of rotatable bonds is 5. The van der Waals surface area contributed by atoms with Crippen molar-refractivity contribution in [1.29, 1.82) is 0 Å². The smallest absolute Gasteiger partial charge is 0.417 e. The number of halogens is 4. The van der Waals surface area contributed by atoms with Gasteiger partial charge in [-0.05, 0) is 30.2 Å². The normalized spacial score (nSPS) is 11.8. The van der Waals surface area contributed by atoms with Crippen molar-refractivity contribution in [2.45, 2.75) is 25.9 Å². The summed E-state index contributed by atoms with van der Waals surface area (Å²) in [5.41, 5.74) is -0.877. The third-order valence-electron chi connectivity index (χ3n) is 2.46. The van der Waals surface area contributed by atoms with Crippen molar-refractivity contribution in [1.82, 2.24) is 0 Å². The third-order valence-corrected chi connectivity index (χ3v) is 2.96. The lowest BCUT2D eigenvalue weighted by molar-refractivity contribution is -0.139. The molecule has 0 spiro atoms. The molecule has 0 bridgehead atoms. The van der Waals surface area contributed by atoms with E-state index in [1.165, 1.54) is 12.1 Å². The summed E-state index contributed by atoms with van der Waals surface area (Å²) in [5.74, 6) is -0.644. The van der Waals surface area contributed by atoms with E-state index < -0.39 is 17.7 Å². The summed E-state index contributed by atoms with van der Waals surface area (Å²) in [6, 6.07) is 3.75. The van der Waals surface area contributed by atoms with E-state index in [1.54, 1.807) is 0 Å². The predicted octanol–water partition coefficient (Wildman–Crippen LogP) is 4.82. The van der Waals surface area contributed by atoms with Gasteiger partial charge < -0.3 is 4.74 Å². The Hall–Kier alpha value is -1.30. The van der Waals surface area contributed by atoms with Crippen LogP contribution in [0.4, 0.5) is 13.2 Å². The van der Waals surface area contributed by atoms with Crippen LogP contribution < -0.4 is 0 Å². The fourth-order valence-electron chi connectivity index (χ4n) is 1.44. The van der Waals surface area contributed by atoms with Gasteiger partial charge >= 0.3 is 12.1 Å². The van der Waals surface area contributed by atoms with Crippen LogP contribution in [0, 0.1) is 0 Å². The van der Waals surface area contributed by atoms with E-state index in [-0.39, 0.29) is 12.2 Å². The molecular formula is C14H14BrF3O2. The molecule has 0 radical (unpaired) electrons. The zero-order valence-electron chi connectivity index (χ0n) is 10.8. The Morgan fingerprint density at radius 1 is 1.40 bits per heavy atom. The average molecular weight is 351 g/mol. The van der Waals surface area contributed by atoms with Crippen LogP contribution in [0.25, 0.3) is 6.08 Å². The minimum absolute atomic E-state index is 0.0758. The third kappa shape index (κ3) is 5.36. The van der Waals surface area contributed by atoms with Crippen LogP contribution in [0.15, 0.2) is 28.7 Å². The molecule has 0 saturated heterocycles. The highest BCUT2D eigenvalue weighted by Gasteiger charge is 2.32. The SMILES string of the molecule is CCCCOC(=O)/C=C/c1ccc(Br)cc1C(F)(F)F. The highest BCUT2D eigenvalue weighted by Crippen LogP contribution is 2.34. The fourth-order valence-corrected chi connectivity index (χ4v) is 1.80. The molecular weight excluding hydrogens is 337 g/mol. The highest BCUT2D eigenvalue weighted by atomic mass is 79.9. The Bertz CT molecular complexity index is 496. The molecule has 0 amide bonds. The lowest BCUT2D eigenvalue weighted by Crippen LogP contribution is -2.07. The van der Waals surface area contributed by atoms with Gasteiger partial charge in [0.05, 0.1) is 12.2 Å². The van der Waals surface area contributed by atoms with Crippen LogP contribution in [-0.4, -0.2) is 12.6 Å². The highest BCUT2D eigenvalue weighted by molar-refractivity contribution is 9.10. The van der Waals surface area contributed by atoms with Crippen LogP contribution in [0.1, 0.15) is 30.9 Å². The molecule has 0 N–H and O–H groups in total. The average Bonchev–Trinajstić information content (AvgIpc) is 2.36. The lowest BCUT2D eigenvalue weighted by Gasteiger charge is -2.10. The molecule has 1 aromatic carbocycles. The predicted molar refractivity (Wildman–Crippen MR) is 74.0 cm³/mol. The van der Waals surface area contributed by atoms with Crippen LogP contribution in [0.3, 0.4) is 0 Å². The Labute approximate surface area is 123 Å². The molecule has 2 nitrogen and oxygen atoms in total. The second kappa shape index (κ2) is 7.47. The molecule has 1 aromatic rings. The van der Waals surface area contributed by atoms with Gasteiger partial charge in [0.15, 0.2) is 0 Å². The largest absolute Gasteiger partial charge is 0.463 e. The van der Waals surface area contributed by atoms with Gasteiger partial charge in [-0.25, -0.2) is 4.79 Å². The zero-order valence-corrected chi connectivity index (χ0v) is 12.4. The van der Waals surface area contributed by atoms with Gasteiger partial charge in [0.25, 0.3) is 0 Å². The van der Waals surface area contributed by atoms with E-state index in [0.29, 0.717) is 4.47 Å². The van der Waals surface area contributed by atoms with Gasteiger partial charge in [-0.2, -0.15) is 13.2 Å². The Balaban J connectivity index is 2.84. The molecule has 20 heavy (non-hydrogen) atoms. The van der Waals surface area contributed by atoms with Gasteiger partial charge in [0.1, 0.15) is 0 Å². The van der Waals surface area contributed by atoms with Crippen molar-refractivity contribution < 1.29 is 22.7 Å². The Kier molecular flexibility index (Phi) is 6.26. The molecule has 110 valence electrons. The summed E-state index contributed by atoms with van der Waals surface area (Å²) >= 11 is 3.00. The molecule has 6 heteroatoms. The van der Waals surface area contributed by atoms with Crippen LogP contribution in [0.5, 0.6) is 0 Å². The van der Waals surface area contributed by atoms with Gasteiger partial charge in [-0.1, -0.05) is 35.3 Å². The zero-order chi connectivity index (χ0) is 15.2. The minimum Gasteiger partial charge on any atom is -0.463 e. The summed E-state index contributed by atoms with van der Waals surface area (Å²) in [6.07, 6.45) is -0.749. The number of ether oxygens (including phenoxy) is 1. The van der Waals surface area contributed by atoms with Crippen molar-refractivity contribution in [3.63, 3.8) is 0 Å². The summed E-state index contributed by atoms with van der Waals surface area (Å²) < 4.78 is 43.7. The standard InChI is InChI=1S/C14H14BrF3O2/c1-2-3-8-20-13(19)7-5-10-4-6-11(15)9-12(10)14(16,17)18/h4-7,9H,2-3,8H2,1H3/b7-5+. The number of esters is 1. The van der Waals surface area contributed by atoms with Crippen LogP contribution in [-0.2, 0) is 15.7 Å². The molecule has 0 unspecified atom stereocenters. The van der Waals surface area contributed by atoms with Gasteiger partial charge in [0, 0.05) is 10.5 Å². The summed E-state index contributed by atoms with van der Waals surface area (Å²) in [7, 11) is 0. The van der Waals surface area contributed by atoms with E-state index in [1.807, 2.05) is 6.92 Å². The molecule has 0 aliphatic rings. The number of hydrogen-bond acceptors (Lipinski definition) is 2. The number of carbonyl (C=O) groups is 1. The van der Waals surface area contributed by atoms with E-state index in [4.69, 9.17) is 4.74 Å². The number of benzene rings is 1. The maximum Gasteiger partial charge on any atom is 0.417 e. The lowest BCUT2D eigenvalue weighted by atomic mass is 10.1. The maximum atomic E-state index is 12.8. The van der Waals surface area contributed by atoms with Crippen molar-refractivity contribution in [2.75, 3.05) is 6.61 Å². The van der Waals surface area contributed by atoms with E-state index >= 15 is 0 Å². The fraction of sp³-hybridized carbons (Fsp3) is 0.357. The molecule has 0 aliphatic carbocycles. The van der Waals surface area contributed by atoms with Gasteiger partial charge in [0.2, 0.25) is 0 Å². The van der Waals surface area contributed by atoms with Crippen molar-refractivity contribution in [3.05, 3.63) is 39.9 Å². The molecule has 1 rings (SSSR count). The Morgan fingerprint density at radius 2 is 2.10 bits per heavy atom. The first-order chi connectivity index (χ1) is 9.34. The second-order valence-corrected chi connectivity index (χ2v) is 5.00. The molecule has 0 fully saturated rings. The summed E-state index contributed by atoms with van der Waals surface area (Å²) in [6.45, 7) is 2.22. The van der Waals surface area contributed by atoms with E-state index in [9.17, 15) is 18.0 Å². The first-order valence-corrected chi connectivity index (χ1v) is 6.85. The molecule has 0 aromatic heterocycles. The van der Waals surface area contributed by atoms with Crippen LogP contribution >= 0.6 is 15.9 Å². The quantitative estimate of drug-likeness (QED) is 0.432. The topological polar surface area (TPSA) is 26.3 Å². The van der Waals surface area contributed by atoms with Crippen molar-refractivity contribution >= 4 is 28.0 Å². The minimum atomic E-state index is -4.48. The van der Waals surface area contributed by atoms with Crippen molar-refractivity contribution in [2.24, 2.45) is 0 Å². The van der Waals surface area contributed by atoms with E-state index in [2.05, 4.69) is 15.9 Å². The van der Waals surface area contributed by atoms with E-state index in [0.717, 1.165) is 31.1 Å². The van der Waals surface area contributed by atoms with Crippen LogP contribution in [0.2, 0.25) is 0 Å². The summed E-state index contributed by atoms with van der Waals surface area (Å²) in [4.78, 5) is 11.3. The number of alkyl halides is 3. The van der Waals surface area contributed by atoms with Gasteiger partial charge in [-0.3, -0.25) is 0 Å². The summed E-state index contributed by atoms with van der Waals surface area (Å²) in [5, 5.41) is 0. The molecule has 0 atom stereocenters. The molecule has 0 heterocycles. The monoisotopic (exact) mass is 350 g/mol.